The number of carbonyl (C=O) groups excluding carboxylic acids is 1. The number of piperidine rings is 1. The largest absolute Gasteiger partial charge is 0.369 e. The van der Waals surface area contributed by atoms with Crippen molar-refractivity contribution in [1.29, 1.82) is 0 Å². The van der Waals surface area contributed by atoms with Crippen molar-refractivity contribution in [2.45, 2.75) is 18.9 Å². The number of amides is 1. The summed E-state index contributed by atoms with van der Waals surface area (Å²) in [5, 5.41) is 7.91. The Morgan fingerprint density at radius 3 is 2.81 bits per heavy atom. The third-order valence-electron chi connectivity index (χ3n) is 4.73. The number of nitrogens with zero attached hydrogens (tertiary/aromatic N) is 2. The van der Waals surface area contributed by atoms with Crippen LogP contribution < -0.4 is 10.2 Å². The molecule has 1 saturated heterocycles. The normalized spacial score (nSPS) is 15.4. The van der Waals surface area contributed by atoms with Crippen LogP contribution in [0, 0.1) is 5.82 Å². The number of nitrogens with one attached hydrogen (secondary N) is 1. The molecule has 1 aromatic carbocycles. The minimum absolute atomic E-state index is 0.0413. The topological polar surface area (TPSA) is 45.2 Å². The van der Waals surface area contributed by atoms with E-state index in [0.29, 0.717) is 40.3 Å². The summed E-state index contributed by atoms with van der Waals surface area (Å²) in [4.78, 5) is 18.3. The number of fused-ring (bicyclic) bond motifs is 1. The molecule has 4 rings (SSSR count). The lowest BCUT2D eigenvalue weighted by atomic mass is 10.0. The Hall–Kier alpha value is -2.18. The highest BCUT2D eigenvalue weighted by atomic mass is 35.5. The van der Waals surface area contributed by atoms with Crippen molar-refractivity contribution in [3.05, 3.63) is 57.6 Å². The summed E-state index contributed by atoms with van der Waals surface area (Å²) in [7, 11) is 0. The SMILES string of the molecule is O=C(NC1CCN(c2ccc3c(Cl)ccnc3c2F)CC1)c1ccsc1. The first-order valence-electron chi connectivity index (χ1n) is 8.44. The Bertz CT molecular complexity index is 939. The quantitative estimate of drug-likeness (QED) is 0.718. The van der Waals surface area contributed by atoms with Gasteiger partial charge in [-0.05, 0) is 42.5 Å². The Morgan fingerprint density at radius 1 is 1.27 bits per heavy atom. The maximum atomic E-state index is 14.9. The highest BCUT2D eigenvalue weighted by molar-refractivity contribution is 7.08. The average molecular weight is 390 g/mol. The molecule has 1 aliphatic heterocycles. The van der Waals surface area contributed by atoms with E-state index < -0.39 is 0 Å². The van der Waals surface area contributed by atoms with Gasteiger partial charge in [0.2, 0.25) is 0 Å². The number of carbonyl (C=O) groups is 1. The van der Waals surface area contributed by atoms with Crippen LogP contribution in [0.3, 0.4) is 0 Å². The summed E-state index contributed by atoms with van der Waals surface area (Å²) in [6, 6.07) is 7.15. The van der Waals surface area contributed by atoms with Crippen LogP contribution in [0.5, 0.6) is 0 Å². The first-order valence-corrected chi connectivity index (χ1v) is 9.76. The summed E-state index contributed by atoms with van der Waals surface area (Å²) in [5.74, 6) is -0.383. The predicted octanol–water partition coefficient (Wildman–Crippen LogP) is 4.49. The van der Waals surface area contributed by atoms with Gasteiger partial charge in [0.15, 0.2) is 5.82 Å². The number of rotatable bonds is 3. The highest BCUT2D eigenvalue weighted by Gasteiger charge is 2.24. The van der Waals surface area contributed by atoms with Gasteiger partial charge in [0.25, 0.3) is 5.91 Å². The Morgan fingerprint density at radius 2 is 2.08 bits per heavy atom. The lowest BCUT2D eigenvalue weighted by Crippen LogP contribution is -2.44. The molecule has 0 aliphatic carbocycles. The number of aromatic nitrogens is 1. The third-order valence-corrected chi connectivity index (χ3v) is 5.74. The number of thiophene rings is 1. The van der Waals surface area contributed by atoms with Crippen LogP contribution in [-0.4, -0.2) is 30.0 Å². The molecule has 7 heteroatoms. The molecule has 0 atom stereocenters. The van der Waals surface area contributed by atoms with Gasteiger partial charge >= 0.3 is 0 Å². The van der Waals surface area contributed by atoms with Crippen molar-refractivity contribution in [3.63, 3.8) is 0 Å². The van der Waals surface area contributed by atoms with Crippen LogP contribution in [0.1, 0.15) is 23.2 Å². The number of hydrogen-bond acceptors (Lipinski definition) is 4. The minimum Gasteiger partial charge on any atom is -0.369 e. The van der Waals surface area contributed by atoms with Gasteiger partial charge < -0.3 is 10.2 Å². The zero-order valence-corrected chi connectivity index (χ0v) is 15.5. The van der Waals surface area contributed by atoms with E-state index in [2.05, 4.69) is 10.3 Å². The van der Waals surface area contributed by atoms with Crippen LogP contribution >= 0.6 is 22.9 Å². The zero-order chi connectivity index (χ0) is 18.1. The molecule has 1 aliphatic rings. The molecule has 134 valence electrons. The first kappa shape index (κ1) is 17.2. The monoisotopic (exact) mass is 389 g/mol. The number of benzene rings is 1. The van der Waals surface area contributed by atoms with Gasteiger partial charge in [-0.2, -0.15) is 11.3 Å². The number of pyridine rings is 1. The summed E-state index contributed by atoms with van der Waals surface area (Å²) in [6.07, 6.45) is 3.07. The molecule has 0 saturated carbocycles. The van der Waals surface area contributed by atoms with E-state index in [4.69, 9.17) is 11.6 Å². The van der Waals surface area contributed by atoms with Gasteiger partial charge in [-0.1, -0.05) is 11.6 Å². The number of halogens is 2. The van der Waals surface area contributed by atoms with Crippen molar-refractivity contribution in [1.82, 2.24) is 10.3 Å². The molecule has 0 spiro atoms. The van der Waals surface area contributed by atoms with Crippen molar-refractivity contribution >= 4 is 45.4 Å². The number of anilines is 1. The summed E-state index contributed by atoms with van der Waals surface area (Å²) in [5.41, 5.74) is 1.53. The van der Waals surface area contributed by atoms with Gasteiger partial charge in [-0.15, -0.1) is 0 Å². The van der Waals surface area contributed by atoms with Crippen LogP contribution in [0.4, 0.5) is 10.1 Å². The molecule has 1 amide bonds. The second-order valence-corrected chi connectivity index (χ2v) is 7.52. The molecule has 0 radical (unpaired) electrons. The lowest BCUT2D eigenvalue weighted by Gasteiger charge is -2.34. The van der Waals surface area contributed by atoms with E-state index in [1.807, 2.05) is 27.8 Å². The van der Waals surface area contributed by atoms with E-state index in [9.17, 15) is 9.18 Å². The van der Waals surface area contributed by atoms with Gasteiger partial charge in [-0.25, -0.2) is 4.39 Å². The Labute approximate surface area is 159 Å². The van der Waals surface area contributed by atoms with E-state index in [-0.39, 0.29) is 17.8 Å². The van der Waals surface area contributed by atoms with Crippen molar-refractivity contribution in [3.8, 4) is 0 Å². The average Bonchev–Trinajstić information content (AvgIpc) is 3.19. The number of hydrogen-bond donors (Lipinski definition) is 1. The molecule has 3 heterocycles. The Kier molecular flexibility index (Phi) is 4.78. The molecule has 26 heavy (non-hydrogen) atoms. The second-order valence-electron chi connectivity index (χ2n) is 6.33. The Balaban J connectivity index is 1.46. The first-order chi connectivity index (χ1) is 12.6. The van der Waals surface area contributed by atoms with E-state index in [1.165, 1.54) is 17.5 Å². The molecule has 3 aromatic rings. The molecular formula is C19H17ClFN3OS. The van der Waals surface area contributed by atoms with Crippen LogP contribution in [0.2, 0.25) is 5.02 Å². The second kappa shape index (κ2) is 7.21. The predicted molar refractivity (Wildman–Crippen MR) is 104 cm³/mol. The van der Waals surface area contributed by atoms with Crippen molar-refractivity contribution in [2.75, 3.05) is 18.0 Å². The van der Waals surface area contributed by atoms with Gasteiger partial charge in [0.05, 0.1) is 10.7 Å². The molecule has 0 unspecified atom stereocenters. The fourth-order valence-electron chi connectivity index (χ4n) is 3.31. The van der Waals surface area contributed by atoms with Gasteiger partial charge in [-0.3, -0.25) is 9.78 Å². The van der Waals surface area contributed by atoms with E-state index in [1.54, 1.807) is 12.1 Å². The smallest absolute Gasteiger partial charge is 0.252 e. The van der Waals surface area contributed by atoms with E-state index >= 15 is 0 Å². The lowest BCUT2D eigenvalue weighted by molar-refractivity contribution is 0.0931. The summed E-state index contributed by atoms with van der Waals surface area (Å²) in [6.45, 7) is 1.36. The molecule has 2 aromatic heterocycles. The molecule has 4 nitrogen and oxygen atoms in total. The molecule has 0 bridgehead atoms. The van der Waals surface area contributed by atoms with Crippen molar-refractivity contribution in [2.24, 2.45) is 0 Å². The highest BCUT2D eigenvalue weighted by Crippen LogP contribution is 2.31. The molecule has 1 fully saturated rings. The minimum atomic E-state index is -0.342. The fraction of sp³-hybridized carbons (Fsp3) is 0.263. The van der Waals surface area contributed by atoms with Crippen LogP contribution in [-0.2, 0) is 0 Å². The summed E-state index contributed by atoms with van der Waals surface area (Å²) < 4.78 is 14.9. The maximum absolute atomic E-state index is 14.9. The molecule has 1 N–H and O–H groups in total. The molecular weight excluding hydrogens is 373 g/mol. The standard InChI is InChI=1S/C19H17ClFN3OS/c20-15-3-7-22-18-14(15)1-2-16(17(18)21)24-8-4-13(5-9-24)23-19(25)12-6-10-26-11-12/h1-3,6-7,10-11,13H,4-5,8-9H2,(H,23,25). The van der Waals surface area contributed by atoms with Crippen LogP contribution in [0.15, 0.2) is 41.2 Å². The zero-order valence-electron chi connectivity index (χ0n) is 13.9. The fourth-order valence-corrected chi connectivity index (χ4v) is 4.16. The van der Waals surface area contributed by atoms with Gasteiger partial charge in [0, 0.05) is 41.7 Å². The van der Waals surface area contributed by atoms with Gasteiger partial charge in [0.1, 0.15) is 5.52 Å². The van der Waals surface area contributed by atoms with E-state index in [0.717, 1.165) is 12.8 Å². The van der Waals surface area contributed by atoms with Crippen LogP contribution in [0.25, 0.3) is 10.9 Å². The maximum Gasteiger partial charge on any atom is 0.252 e. The third kappa shape index (κ3) is 3.27. The van der Waals surface area contributed by atoms with Crippen molar-refractivity contribution < 1.29 is 9.18 Å². The summed E-state index contributed by atoms with van der Waals surface area (Å²) >= 11 is 7.62.